The number of carbonyl (C=O) groups excluding carboxylic acids is 2. The maximum atomic E-state index is 12.3. The van der Waals surface area contributed by atoms with E-state index in [1.165, 1.54) is 4.90 Å². The van der Waals surface area contributed by atoms with E-state index in [-0.39, 0.29) is 12.5 Å². The molecule has 2 N–H and O–H groups in total. The van der Waals surface area contributed by atoms with E-state index in [4.69, 9.17) is 9.52 Å². The van der Waals surface area contributed by atoms with Crippen LogP contribution in [0.5, 0.6) is 0 Å². The van der Waals surface area contributed by atoms with Gasteiger partial charge in [0.2, 0.25) is 5.89 Å². The molecule has 2 amide bonds. The van der Waals surface area contributed by atoms with Gasteiger partial charge in [0.25, 0.3) is 0 Å². The van der Waals surface area contributed by atoms with Gasteiger partial charge in [0.05, 0.1) is 5.69 Å². The lowest BCUT2D eigenvalue weighted by molar-refractivity contribution is -0.144. The molecule has 1 fully saturated rings. The van der Waals surface area contributed by atoms with Crippen LogP contribution < -0.4 is 5.32 Å². The maximum Gasteiger partial charge on any atom is 0.313 e. The second-order valence-corrected chi connectivity index (χ2v) is 6.61. The van der Waals surface area contributed by atoms with Gasteiger partial charge in [-0.3, -0.25) is 9.59 Å². The molecule has 0 aliphatic carbocycles. The van der Waals surface area contributed by atoms with Crippen LogP contribution in [-0.2, 0) is 9.59 Å². The molecule has 7 heteroatoms. The van der Waals surface area contributed by atoms with Gasteiger partial charge in [-0.2, -0.15) is 0 Å². The Bertz CT molecular complexity index is 787. The molecule has 0 unspecified atom stereocenters. The molecule has 26 heavy (non-hydrogen) atoms. The number of hydrogen-bond acceptors (Lipinski definition) is 5. The summed E-state index contributed by atoms with van der Waals surface area (Å²) in [6.45, 7) is 4.82. The van der Waals surface area contributed by atoms with Crippen molar-refractivity contribution in [2.45, 2.75) is 26.7 Å². The maximum absolute atomic E-state index is 12.3. The first-order valence-corrected chi connectivity index (χ1v) is 8.73. The number of amides is 2. The Morgan fingerprint density at radius 3 is 2.65 bits per heavy atom. The molecule has 0 saturated carbocycles. The van der Waals surface area contributed by atoms with Crippen LogP contribution in [0.2, 0.25) is 0 Å². The molecule has 3 rings (SSSR count). The van der Waals surface area contributed by atoms with Gasteiger partial charge >= 0.3 is 11.8 Å². The van der Waals surface area contributed by atoms with Crippen LogP contribution in [-0.4, -0.2) is 46.5 Å². The number of aryl methyl sites for hydroxylation is 2. The van der Waals surface area contributed by atoms with E-state index >= 15 is 0 Å². The van der Waals surface area contributed by atoms with Gasteiger partial charge < -0.3 is 19.7 Å². The molecule has 0 spiro atoms. The molecule has 1 aliphatic heterocycles. The Morgan fingerprint density at radius 2 is 2.04 bits per heavy atom. The summed E-state index contributed by atoms with van der Waals surface area (Å²) in [6, 6.07) is 7.06. The average molecular weight is 357 g/mol. The summed E-state index contributed by atoms with van der Waals surface area (Å²) in [7, 11) is 0. The van der Waals surface area contributed by atoms with Gasteiger partial charge in [0, 0.05) is 30.9 Å². The number of aromatic nitrogens is 1. The molecule has 7 nitrogen and oxygen atoms in total. The molecule has 138 valence electrons. The number of aliphatic hydroxyl groups is 1. The molecule has 1 aromatic carbocycles. The fourth-order valence-electron chi connectivity index (χ4n) is 2.97. The number of carbonyl (C=O) groups is 2. The summed E-state index contributed by atoms with van der Waals surface area (Å²) in [5.74, 6) is 0.231. The van der Waals surface area contributed by atoms with Gasteiger partial charge in [-0.05, 0) is 50.8 Å². The van der Waals surface area contributed by atoms with Crippen molar-refractivity contribution in [3.63, 3.8) is 0 Å². The Morgan fingerprint density at radius 1 is 1.31 bits per heavy atom. The Labute approximate surface area is 152 Å². The normalized spacial score (nSPS) is 15.1. The molecule has 0 bridgehead atoms. The summed E-state index contributed by atoms with van der Waals surface area (Å²) >= 11 is 0. The van der Waals surface area contributed by atoms with Crippen LogP contribution in [0, 0.1) is 19.8 Å². The van der Waals surface area contributed by atoms with E-state index in [0.29, 0.717) is 37.5 Å². The quantitative estimate of drug-likeness (QED) is 0.821. The summed E-state index contributed by atoms with van der Waals surface area (Å²) < 4.78 is 5.60. The second-order valence-electron chi connectivity index (χ2n) is 6.61. The molecule has 2 aromatic rings. The van der Waals surface area contributed by atoms with Crippen molar-refractivity contribution >= 4 is 17.5 Å². The predicted molar refractivity (Wildman–Crippen MR) is 96.4 cm³/mol. The fourth-order valence-corrected chi connectivity index (χ4v) is 2.97. The number of piperidine rings is 1. The fraction of sp³-hybridized carbons (Fsp3) is 0.421. The van der Waals surface area contributed by atoms with Gasteiger partial charge in [0.15, 0.2) is 0 Å². The number of rotatable bonds is 3. The van der Waals surface area contributed by atoms with Gasteiger partial charge in [-0.25, -0.2) is 4.98 Å². The number of benzene rings is 1. The zero-order valence-electron chi connectivity index (χ0n) is 15.0. The van der Waals surface area contributed by atoms with Crippen LogP contribution in [0.15, 0.2) is 28.7 Å². The predicted octanol–water partition coefficient (Wildman–Crippen LogP) is 2.13. The van der Waals surface area contributed by atoms with E-state index in [0.717, 1.165) is 17.0 Å². The van der Waals surface area contributed by atoms with E-state index in [9.17, 15) is 9.59 Å². The van der Waals surface area contributed by atoms with Gasteiger partial charge in [-0.1, -0.05) is 6.07 Å². The minimum Gasteiger partial charge on any atom is -0.441 e. The summed E-state index contributed by atoms with van der Waals surface area (Å²) in [4.78, 5) is 30.5. The largest absolute Gasteiger partial charge is 0.441 e. The lowest BCUT2D eigenvalue weighted by atomic mass is 9.98. The third-order valence-electron chi connectivity index (χ3n) is 4.75. The summed E-state index contributed by atoms with van der Waals surface area (Å²) in [6.07, 6.45) is 1.43. The van der Waals surface area contributed by atoms with Crippen molar-refractivity contribution in [1.82, 2.24) is 9.88 Å². The first kappa shape index (κ1) is 18.1. The van der Waals surface area contributed by atoms with Crippen molar-refractivity contribution in [3.8, 4) is 11.5 Å². The number of hydrogen-bond donors (Lipinski definition) is 2. The number of likely N-dealkylation sites (tertiary alicyclic amines) is 1. The minimum atomic E-state index is -0.663. The van der Waals surface area contributed by atoms with Crippen molar-refractivity contribution in [2.75, 3.05) is 25.0 Å². The second kappa shape index (κ2) is 7.70. The zero-order chi connectivity index (χ0) is 18.7. The molecule has 2 heterocycles. The third kappa shape index (κ3) is 3.94. The number of aliphatic hydroxyl groups excluding tert-OH is 1. The van der Waals surface area contributed by atoms with Crippen molar-refractivity contribution < 1.29 is 19.1 Å². The third-order valence-corrected chi connectivity index (χ3v) is 4.75. The smallest absolute Gasteiger partial charge is 0.313 e. The van der Waals surface area contributed by atoms with Gasteiger partial charge in [-0.15, -0.1) is 0 Å². The monoisotopic (exact) mass is 357 g/mol. The molecule has 0 radical (unpaired) electrons. The molecule has 1 aromatic heterocycles. The van der Waals surface area contributed by atoms with E-state index in [2.05, 4.69) is 10.3 Å². The molecule has 0 atom stereocenters. The number of oxazole rings is 1. The van der Waals surface area contributed by atoms with Crippen LogP contribution >= 0.6 is 0 Å². The lowest BCUT2D eigenvalue weighted by Gasteiger charge is -2.30. The Hall–Kier alpha value is -2.67. The minimum absolute atomic E-state index is 0.126. The van der Waals surface area contributed by atoms with Crippen molar-refractivity contribution in [2.24, 2.45) is 5.92 Å². The number of nitrogens with zero attached hydrogens (tertiary/aromatic N) is 2. The molecule has 1 saturated heterocycles. The molecule has 1 aliphatic rings. The van der Waals surface area contributed by atoms with E-state index < -0.39 is 11.8 Å². The van der Waals surface area contributed by atoms with Crippen LogP contribution in [0.25, 0.3) is 11.5 Å². The first-order chi connectivity index (χ1) is 12.5. The SMILES string of the molecule is Cc1nc(-c2cccc(NC(=O)C(=O)N3CCC(CO)CC3)c2)oc1C. The van der Waals surface area contributed by atoms with E-state index in [1.807, 2.05) is 19.9 Å². The summed E-state index contributed by atoms with van der Waals surface area (Å²) in [5, 5.41) is 11.8. The summed E-state index contributed by atoms with van der Waals surface area (Å²) in [5.41, 5.74) is 2.06. The highest BCUT2D eigenvalue weighted by Crippen LogP contribution is 2.24. The van der Waals surface area contributed by atoms with Crippen LogP contribution in [0.1, 0.15) is 24.3 Å². The van der Waals surface area contributed by atoms with Crippen molar-refractivity contribution in [1.29, 1.82) is 0 Å². The van der Waals surface area contributed by atoms with Crippen LogP contribution in [0.3, 0.4) is 0 Å². The topological polar surface area (TPSA) is 95.7 Å². The molecular formula is C19H23N3O4. The lowest BCUT2D eigenvalue weighted by Crippen LogP contribution is -2.44. The standard InChI is InChI=1S/C19H23N3O4/c1-12-13(2)26-18(20-12)15-4-3-5-16(10-15)21-17(24)19(25)22-8-6-14(11-23)7-9-22/h3-5,10,14,23H,6-9,11H2,1-2H3,(H,21,24). The highest BCUT2D eigenvalue weighted by molar-refractivity contribution is 6.39. The number of nitrogens with one attached hydrogen (secondary N) is 1. The van der Waals surface area contributed by atoms with Crippen molar-refractivity contribution in [3.05, 3.63) is 35.7 Å². The Balaban J connectivity index is 1.66. The van der Waals surface area contributed by atoms with E-state index in [1.54, 1.807) is 18.2 Å². The zero-order valence-corrected chi connectivity index (χ0v) is 15.0. The van der Waals surface area contributed by atoms with Gasteiger partial charge in [0.1, 0.15) is 5.76 Å². The molecular weight excluding hydrogens is 334 g/mol. The van der Waals surface area contributed by atoms with Crippen LogP contribution in [0.4, 0.5) is 5.69 Å². The Kier molecular flexibility index (Phi) is 5.37. The highest BCUT2D eigenvalue weighted by atomic mass is 16.4. The highest BCUT2D eigenvalue weighted by Gasteiger charge is 2.26. The average Bonchev–Trinajstić information content (AvgIpc) is 3.00. The first-order valence-electron chi connectivity index (χ1n) is 8.73. The number of anilines is 1.